The third-order valence-electron chi connectivity index (χ3n) is 5.37. The molecule has 5 heteroatoms. The van der Waals surface area contributed by atoms with Crippen molar-refractivity contribution < 1.29 is 9.59 Å². The van der Waals surface area contributed by atoms with E-state index in [0.29, 0.717) is 17.6 Å². The van der Waals surface area contributed by atoms with Crippen LogP contribution in [0.5, 0.6) is 0 Å². The molecule has 1 aromatic rings. The van der Waals surface area contributed by atoms with Gasteiger partial charge in [-0.15, -0.1) is 0 Å². The molecule has 2 N–H and O–H groups in total. The van der Waals surface area contributed by atoms with Crippen molar-refractivity contribution in [3.63, 3.8) is 0 Å². The molecule has 2 aliphatic heterocycles. The molecule has 2 heterocycles. The molecule has 2 fully saturated rings. The van der Waals surface area contributed by atoms with E-state index in [1.54, 1.807) is 12.1 Å². The van der Waals surface area contributed by atoms with E-state index in [1.165, 1.54) is 6.42 Å². The summed E-state index contributed by atoms with van der Waals surface area (Å²) in [5.41, 5.74) is 1.71. The molecule has 25 heavy (non-hydrogen) atoms. The van der Waals surface area contributed by atoms with Crippen LogP contribution < -0.4 is 10.6 Å². The van der Waals surface area contributed by atoms with E-state index < -0.39 is 6.04 Å². The second-order valence-electron chi connectivity index (χ2n) is 7.77. The van der Waals surface area contributed by atoms with Gasteiger partial charge in [0.25, 0.3) is 5.91 Å². The maximum atomic E-state index is 13.1. The van der Waals surface area contributed by atoms with Gasteiger partial charge in [-0.3, -0.25) is 9.59 Å². The monoisotopic (exact) mass is 343 g/mol. The van der Waals surface area contributed by atoms with Crippen molar-refractivity contribution >= 4 is 11.8 Å². The second kappa shape index (κ2) is 7.56. The van der Waals surface area contributed by atoms with E-state index in [4.69, 9.17) is 0 Å². The Bertz CT molecular complexity index is 626. The Morgan fingerprint density at radius 2 is 1.80 bits per heavy atom. The van der Waals surface area contributed by atoms with Crippen molar-refractivity contribution in [2.24, 2.45) is 5.92 Å². The van der Waals surface area contributed by atoms with E-state index in [1.807, 2.05) is 37.8 Å². The lowest BCUT2D eigenvalue weighted by Gasteiger charge is -2.30. The summed E-state index contributed by atoms with van der Waals surface area (Å²) in [5.74, 6) is -0.0818. The maximum absolute atomic E-state index is 13.1. The van der Waals surface area contributed by atoms with Gasteiger partial charge in [-0.1, -0.05) is 31.5 Å². The summed E-state index contributed by atoms with van der Waals surface area (Å²) in [4.78, 5) is 27.6. The Labute approximate surface area is 150 Å². The highest BCUT2D eigenvalue weighted by Gasteiger charge is 2.35. The summed E-state index contributed by atoms with van der Waals surface area (Å²) in [6, 6.07) is 7.91. The van der Waals surface area contributed by atoms with E-state index >= 15 is 0 Å². The first-order valence-electron chi connectivity index (χ1n) is 9.36. The molecular formula is C20H29N3O2. The lowest BCUT2D eigenvalue weighted by atomic mass is 10.0. The molecule has 0 aliphatic carbocycles. The Kier molecular flexibility index (Phi) is 5.42. The van der Waals surface area contributed by atoms with Gasteiger partial charge >= 0.3 is 0 Å². The van der Waals surface area contributed by atoms with Crippen LogP contribution in [0.2, 0.25) is 0 Å². The highest BCUT2D eigenvalue weighted by atomic mass is 16.2. The van der Waals surface area contributed by atoms with Gasteiger partial charge in [0.2, 0.25) is 5.91 Å². The molecule has 0 radical (unpaired) electrons. The van der Waals surface area contributed by atoms with Gasteiger partial charge in [0, 0.05) is 30.7 Å². The standard InChI is InChI=1S/C20H29N3O2/c1-13(2)18(22-19(24)15-6-4-14(3)5-7-15)20(25)23-11-10-16-8-9-17(12-23)21-16/h4-7,13,16-18,21H,8-12H2,1-3H3,(H,22,24). The summed E-state index contributed by atoms with van der Waals surface area (Å²) < 4.78 is 0. The number of carbonyl (C=O) groups is 2. The summed E-state index contributed by atoms with van der Waals surface area (Å²) >= 11 is 0. The molecule has 2 saturated heterocycles. The van der Waals surface area contributed by atoms with Crippen LogP contribution in [-0.2, 0) is 4.79 Å². The van der Waals surface area contributed by atoms with E-state index in [0.717, 1.165) is 31.5 Å². The van der Waals surface area contributed by atoms with Gasteiger partial charge in [0.15, 0.2) is 0 Å². The van der Waals surface area contributed by atoms with Crippen molar-refractivity contribution in [3.8, 4) is 0 Å². The van der Waals surface area contributed by atoms with E-state index in [2.05, 4.69) is 10.6 Å². The first kappa shape index (κ1) is 17.9. The van der Waals surface area contributed by atoms with Crippen molar-refractivity contribution in [2.75, 3.05) is 13.1 Å². The van der Waals surface area contributed by atoms with Crippen LogP contribution in [0.1, 0.15) is 49.0 Å². The Balaban J connectivity index is 1.68. The molecule has 136 valence electrons. The van der Waals surface area contributed by atoms with Gasteiger partial charge < -0.3 is 15.5 Å². The highest BCUT2D eigenvalue weighted by molar-refractivity contribution is 5.97. The normalized spacial score (nSPS) is 24.1. The number of benzene rings is 1. The van der Waals surface area contributed by atoms with Crippen molar-refractivity contribution in [2.45, 2.75) is 58.2 Å². The average molecular weight is 343 g/mol. The Morgan fingerprint density at radius 1 is 1.12 bits per heavy atom. The van der Waals surface area contributed by atoms with Gasteiger partial charge in [-0.2, -0.15) is 0 Å². The minimum absolute atomic E-state index is 0.0461. The largest absolute Gasteiger partial charge is 0.340 e. The van der Waals surface area contributed by atoms with Crippen LogP contribution >= 0.6 is 0 Å². The number of fused-ring (bicyclic) bond motifs is 2. The summed E-state index contributed by atoms with van der Waals surface area (Å²) in [6.07, 6.45) is 3.35. The zero-order chi connectivity index (χ0) is 18.0. The van der Waals surface area contributed by atoms with Crippen molar-refractivity contribution in [1.82, 2.24) is 15.5 Å². The van der Waals surface area contributed by atoms with Gasteiger partial charge in [0.1, 0.15) is 6.04 Å². The smallest absolute Gasteiger partial charge is 0.251 e. The molecule has 0 spiro atoms. The topological polar surface area (TPSA) is 61.4 Å². The quantitative estimate of drug-likeness (QED) is 0.880. The average Bonchev–Trinajstić information content (AvgIpc) is 2.91. The molecule has 2 aliphatic rings. The minimum Gasteiger partial charge on any atom is -0.340 e. The summed E-state index contributed by atoms with van der Waals surface area (Å²) in [6.45, 7) is 7.49. The summed E-state index contributed by atoms with van der Waals surface area (Å²) in [5, 5.41) is 6.56. The third-order valence-corrected chi connectivity index (χ3v) is 5.37. The highest BCUT2D eigenvalue weighted by Crippen LogP contribution is 2.21. The maximum Gasteiger partial charge on any atom is 0.251 e. The van der Waals surface area contributed by atoms with E-state index in [-0.39, 0.29) is 17.7 Å². The van der Waals surface area contributed by atoms with Gasteiger partial charge in [-0.25, -0.2) is 0 Å². The number of carbonyl (C=O) groups excluding carboxylic acids is 2. The first-order valence-corrected chi connectivity index (χ1v) is 9.36. The molecular weight excluding hydrogens is 314 g/mol. The molecule has 2 amide bonds. The number of rotatable bonds is 4. The Hall–Kier alpha value is -1.88. The molecule has 1 aromatic carbocycles. The SMILES string of the molecule is Cc1ccc(C(=O)NC(C(=O)N2CCC3CCC(C2)N3)C(C)C)cc1. The predicted molar refractivity (Wildman–Crippen MR) is 98.4 cm³/mol. The first-order chi connectivity index (χ1) is 11.9. The fourth-order valence-electron chi connectivity index (χ4n) is 3.78. The number of aryl methyl sites for hydroxylation is 1. The number of nitrogens with zero attached hydrogens (tertiary/aromatic N) is 1. The lowest BCUT2D eigenvalue weighted by molar-refractivity contribution is -0.134. The Morgan fingerprint density at radius 3 is 2.48 bits per heavy atom. The third kappa shape index (κ3) is 4.21. The van der Waals surface area contributed by atoms with Gasteiger partial charge in [-0.05, 0) is 44.2 Å². The fourth-order valence-corrected chi connectivity index (χ4v) is 3.78. The minimum atomic E-state index is -0.481. The van der Waals surface area contributed by atoms with Crippen LogP contribution in [-0.4, -0.2) is 47.9 Å². The second-order valence-corrected chi connectivity index (χ2v) is 7.77. The van der Waals surface area contributed by atoms with Gasteiger partial charge in [0.05, 0.1) is 0 Å². The molecule has 2 bridgehead atoms. The van der Waals surface area contributed by atoms with Crippen LogP contribution in [0.25, 0.3) is 0 Å². The zero-order valence-corrected chi connectivity index (χ0v) is 15.4. The molecule has 3 atom stereocenters. The molecule has 3 rings (SSSR count). The van der Waals surface area contributed by atoms with Crippen LogP contribution in [0.15, 0.2) is 24.3 Å². The number of amides is 2. The molecule has 5 nitrogen and oxygen atoms in total. The number of likely N-dealkylation sites (tertiary alicyclic amines) is 1. The predicted octanol–water partition coefficient (Wildman–Crippen LogP) is 2.10. The number of hydrogen-bond acceptors (Lipinski definition) is 3. The fraction of sp³-hybridized carbons (Fsp3) is 0.600. The van der Waals surface area contributed by atoms with Crippen LogP contribution in [0.3, 0.4) is 0 Å². The van der Waals surface area contributed by atoms with Crippen molar-refractivity contribution in [3.05, 3.63) is 35.4 Å². The number of hydrogen-bond donors (Lipinski definition) is 2. The van der Waals surface area contributed by atoms with E-state index in [9.17, 15) is 9.59 Å². The van der Waals surface area contributed by atoms with Crippen LogP contribution in [0, 0.1) is 12.8 Å². The lowest BCUT2D eigenvalue weighted by Crippen LogP contribution is -2.53. The summed E-state index contributed by atoms with van der Waals surface area (Å²) in [7, 11) is 0. The zero-order valence-electron chi connectivity index (χ0n) is 15.4. The molecule has 0 aromatic heterocycles. The van der Waals surface area contributed by atoms with Crippen LogP contribution in [0.4, 0.5) is 0 Å². The molecule has 0 saturated carbocycles. The molecule has 3 unspecified atom stereocenters. The number of nitrogens with one attached hydrogen (secondary N) is 2. The van der Waals surface area contributed by atoms with Crippen molar-refractivity contribution in [1.29, 1.82) is 0 Å².